The van der Waals surface area contributed by atoms with Crippen molar-refractivity contribution in [2.45, 2.75) is 18.8 Å². The minimum atomic E-state index is -0.835. The number of hydrogen-bond donors (Lipinski definition) is 2. The topological polar surface area (TPSA) is 63.3 Å². The van der Waals surface area contributed by atoms with E-state index in [1.165, 1.54) is 0 Å². The van der Waals surface area contributed by atoms with Crippen LogP contribution >= 0.6 is 15.9 Å². The Morgan fingerprint density at radius 1 is 1.53 bits per heavy atom. The van der Waals surface area contributed by atoms with Gasteiger partial charge in [-0.05, 0) is 11.6 Å². The van der Waals surface area contributed by atoms with Crippen LogP contribution in [0.25, 0.3) is 0 Å². The molecule has 0 bridgehead atoms. The van der Waals surface area contributed by atoms with Crippen LogP contribution in [0.2, 0.25) is 0 Å². The van der Waals surface area contributed by atoms with Crippen LogP contribution in [0.4, 0.5) is 0 Å². The highest BCUT2D eigenvalue weighted by molar-refractivity contribution is 9.10. The van der Waals surface area contributed by atoms with Crippen molar-refractivity contribution in [3.8, 4) is 0 Å². The molecule has 0 spiro atoms. The van der Waals surface area contributed by atoms with Crippen molar-refractivity contribution < 1.29 is 9.90 Å². The standard InChI is InChI=1S/C11H14BrNO2/c1-11(7-13,6-10(14)15)8-4-2-3-5-9(8)12/h2-5H,6-7,13H2,1H3,(H,14,15). The Bertz CT molecular complexity index is 367. The Morgan fingerprint density at radius 2 is 2.13 bits per heavy atom. The van der Waals surface area contributed by atoms with Gasteiger partial charge in [-0.25, -0.2) is 0 Å². The van der Waals surface area contributed by atoms with E-state index in [0.29, 0.717) is 6.54 Å². The number of nitrogens with two attached hydrogens (primary N) is 1. The molecule has 0 saturated heterocycles. The molecule has 1 unspecified atom stereocenters. The highest BCUT2D eigenvalue weighted by Crippen LogP contribution is 2.32. The molecule has 1 aromatic rings. The second kappa shape index (κ2) is 4.77. The first-order valence-corrected chi connectivity index (χ1v) is 5.46. The highest BCUT2D eigenvalue weighted by atomic mass is 79.9. The van der Waals surface area contributed by atoms with Gasteiger partial charge in [-0.1, -0.05) is 41.1 Å². The van der Waals surface area contributed by atoms with Crippen LogP contribution in [0.3, 0.4) is 0 Å². The van der Waals surface area contributed by atoms with E-state index >= 15 is 0 Å². The summed E-state index contributed by atoms with van der Waals surface area (Å²) < 4.78 is 0.902. The minimum absolute atomic E-state index is 0.0338. The van der Waals surface area contributed by atoms with Crippen molar-refractivity contribution in [3.05, 3.63) is 34.3 Å². The molecule has 1 aromatic carbocycles. The molecule has 0 aliphatic rings. The van der Waals surface area contributed by atoms with Crippen LogP contribution in [-0.4, -0.2) is 17.6 Å². The van der Waals surface area contributed by atoms with Crippen LogP contribution in [-0.2, 0) is 10.2 Å². The number of carbonyl (C=O) groups is 1. The maximum atomic E-state index is 10.8. The quantitative estimate of drug-likeness (QED) is 0.882. The number of benzene rings is 1. The van der Waals surface area contributed by atoms with E-state index in [1.54, 1.807) is 0 Å². The Labute approximate surface area is 97.4 Å². The van der Waals surface area contributed by atoms with Gasteiger partial charge in [0.25, 0.3) is 0 Å². The molecular formula is C11H14BrNO2. The zero-order valence-corrected chi connectivity index (χ0v) is 10.1. The first-order chi connectivity index (χ1) is 6.99. The number of carboxylic acid groups (broad SMARTS) is 1. The van der Waals surface area contributed by atoms with Gasteiger partial charge in [0.1, 0.15) is 0 Å². The lowest BCUT2D eigenvalue weighted by atomic mass is 9.79. The third-order valence-corrected chi connectivity index (χ3v) is 3.21. The normalized spacial score (nSPS) is 14.6. The molecule has 4 heteroatoms. The minimum Gasteiger partial charge on any atom is -0.481 e. The Hall–Kier alpha value is -0.870. The Balaban J connectivity index is 3.11. The van der Waals surface area contributed by atoms with Crippen molar-refractivity contribution in [2.75, 3.05) is 6.54 Å². The third-order valence-electron chi connectivity index (χ3n) is 2.52. The molecule has 0 saturated carbocycles. The highest BCUT2D eigenvalue weighted by Gasteiger charge is 2.29. The number of hydrogen-bond acceptors (Lipinski definition) is 2. The van der Waals surface area contributed by atoms with Gasteiger partial charge >= 0.3 is 5.97 Å². The van der Waals surface area contributed by atoms with Gasteiger partial charge in [-0.2, -0.15) is 0 Å². The molecule has 0 heterocycles. The van der Waals surface area contributed by atoms with E-state index in [1.807, 2.05) is 31.2 Å². The van der Waals surface area contributed by atoms with E-state index in [-0.39, 0.29) is 6.42 Å². The smallest absolute Gasteiger partial charge is 0.304 e. The lowest BCUT2D eigenvalue weighted by molar-refractivity contribution is -0.138. The molecule has 0 amide bonds. The van der Waals surface area contributed by atoms with Crippen molar-refractivity contribution >= 4 is 21.9 Å². The average Bonchev–Trinajstić information content (AvgIpc) is 2.17. The van der Waals surface area contributed by atoms with Gasteiger partial charge in [0.2, 0.25) is 0 Å². The van der Waals surface area contributed by atoms with Crippen molar-refractivity contribution in [2.24, 2.45) is 5.73 Å². The van der Waals surface area contributed by atoms with Crippen molar-refractivity contribution in [3.63, 3.8) is 0 Å². The average molecular weight is 272 g/mol. The molecule has 3 nitrogen and oxygen atoms in total. The van der Waals surface area contributed by atoms with E-state index < -0.39 is 11.4 Å². The lowest BCUT2D eigenvalue weighted by Gasteiger charge is -2.27. The molecule has 1 rings (SSSR count). The second-order valence-electron chi connectivity index (χ2n) is 3.82. The fraction of sp³-hybridized carbons (Fsp3) is 0.364. The summed E-state index contributed by atoms with van der Waals surface area (Å²) in [6.45, 7) is 2.17. The third kappa shape index (κ3) is 2.79. The summed E-state index contributed by atoms with van der Waals surface area (Å²) in [6.07, 6.45) is 0.0338. The summed E-state index contributed by atoms with van der Waals surface area (Å²) in [5.74, 6) is -0.835. The van der Waals surface area contributed by atoms with Crippen LogP contribution in [0.5, 0.6) is 0 Å². The summed E-state index contributed by atoms with van der Waals surface area (Å²) in [4.78, 5) is 10.8. The summed E-state index contributed by atoms with van der Waals surface area (Å²) in [6, 6.07) is 7.58. The maximum absolute atomic E-state index is 10.8. The number of halogens is 1. The lowest BCUT2D eigenvalue weighted by Crippen LogP contribution is -2.34. The van der Waals surface area contributed by atoms with Gasteiger partial charge in [-0.15, -0.1) is 0 Å². The molecule has 3 N–H and O–H groups in total. The molecule has 15 heavy (non-hydrogen) atoms. The Kier molecular flexibility index (Phi) is 3.88. The molecule has 0 aromatic heterocycles. The van der Waals surface area contributed by atoms with E-state index in [4.69, 9.17) is 10.8 Å². The van der Waals surface area contributed by atoms with Crippen molar-refractivity contribution in [1.82, 2.24) is 0 Å². The largest absolute Gasteiger partial charge is 0.481 e. The zero-order chi connectivity index (χ0) is 11.5. The van der Waals surface area contributed by atoms with Gasteiger partial charge in [0, 0.05) is 16.4 Å². The van der Waals surface area contributed by atoms with Crippen LogP contribution in [0.15, 0.2) is 28.7 Å². The van der Waals surface area contributed by atoms with E-state index in [2.05, 4.69) is 15.9 Å². The first-order valence-electron chi connectivity index (χ1n) is 4.66. The molecule has 82 valence electrons. The van der Waals surface area contributed by atoms with Crippen LogP contribution in [0.1, 0.15) is 18.9 Å². The molecular weight excluding hydrogens is 258 g/mol. The first kappa shape index (κ1) is 12.2. The van der Waals surface area contributed by atoms with Gasteiger partial charge in [-0.3, -0.25) is 4.79 Å². The summed E-state index contributed by atoms with van der Waals surface area (Å²) in [5.41, 5.74) is 6.09. The second-order valence-corrected chi connectivity index (χ2v) is 4.67. The zero-order valence-electron chi connectivity index (χ0n) is 8.53. The van der Waals surface area contributed by atoms with E-state index in [9.17, 15) is 4.79 Å². The number of aliphatic carboxylic acids is 1. The number of carboxylic acids is 1. The molecule has 0 aliphatic carbocycles. The van der Waals surface area contributed by atoms with Gasteiger partial charge in [0.05, 0.1) is 6.42 Å². The fourth-order valence-corrected chi connectivity index (χ4v) is 2.33. The van der Waals surface area contributed by atoms with Crippen LogP contribution in [0, 0.1) is 0 Å². The van der Waals surface area contributed by atoms with Gasteiger partial charge in [0.15, 0.2) is 0 Å². The monoisotopic (exact) mass is 271 g/mol. The summed E-state index contributed by atoms with van der Waals surface area (Å²) in [7, 11) is 0. The fourth-order valence-electron chi connectivity index (χ4n) is 1.56. The molecule has 0 fully saturated rings. The number of rotatable bonds is 4. The van der Waals surface area contributed by atoms with Gasteiger partial charge < -0.3 is 10.8 Å². The Morgan fingerprint density at radius 3 is 2.60 bits per heavy atom. The van der Waals surface area contributed by atoms with Crippen LogP contribution < -0.4 is 5.73 Å². The predicted molar refractivity (Wildman–Crippen MR) is 62.8 cm³/mol. The maximum Gasteiger partial charge on any atom is 0.304 e. The summed E-state index contributed by atoms with van der Waals surface area (Å²) in [5, 5.41) is 8.86. The summed E-state index contributed by atoms with van der Waals surface area (Å²) >= 11 is 3.41. The molecule has 0 aliphatic heterocycles. The van der Waals surface area contributed by atoms with Crippen molar-refractivity contribution in [1.29, 1.82) is 0 Å². The predicted octanol–water partition coefficient (Wildman–Crippen LogP) is 2.14. The van der Waals surface area contributed by atoms with E-state index in [0.717, 1.165) is 10.0 Å². The molecule has 1 atom stereocenters. The molecule has 0 radical (unpaired) electrons. The SMILES string of the molecule is CC(CN)(CC(=O)O)c1ccccc1Br.